The maximum atomic E-state index is 4.75. The molecule has 1 aliphatic rings. The zero-order valence-electron chi connectivity index (χ0n) is 10.6. The topological polar surface area (TPSA) is 21.1 Å². The van der Waals surface area contributed by atoms with E-state index in [1.54, 1.807) is 0 Å². The molecule has 1 aromatic heterocycles. The molecule has 0 spiro atoms. The van der Waals surface area contributed by atoms with Crippen LogP contribution in [-0.2, 0) is 7.05 Å². The number of imidazole rings is 1. The van der Waals surface area contributed by atoms with Gasteiger partial charge in [0, 0.05) is 20.1 Å². The number of rotatable bonds is 2. The molecule has 0 bridgehead atoms. The van der Waals surface area contributed by atoms with Gasteiger partial charge in [0.05, 0.1) is 11.0 Å². The molecule has 0 atom stereocenters. The molecule has 1 heterocycles. The largest absolute Gasteiger partial charge is 0.342 e. The molecule has 0 saturated heterocycles. The molecule has 0 N–H and O–H groups in total. The van der Waals surface area contributed by atoms with Crippen molar-refractivity contribution in [2.75, 3.05) is 11.9 Å². The third-order valence-electron chi connectivity index (χ3n) is 3.95. The van der Waals surface area contributed by atoms with Crippen LogP contribution in [0, 0.1) is 0 Å². The number of aryl methyl sites for hydroxylation is 1. The van der Waals surface area contributed by atoms with E-state index < -0.39 is 0 Å². The Morgan fingerprint density at radius 1 is 1.24 bits per heavy atom. The summed E-state index contributed by atoms with van der Waals surface area (Å²) in [7, 11) is 4.29. The van der Waals surface area contributed by atoms with Crippen LogP contribution >= 0.6 is 0 Å². The molecule has 1 saturated carbocycles. The quantitative estimate of drug-likeness (QED) is 0.789. The highest BCUT2D eigenvalue weighted by Gasteiger charge is 2.23. The second-order valence-electron chi connectivity index (χ2n) is 5.01. The van der Waals surface area contributed by atoms with E-state index in [0.29, 0.717) is 6.04 Å². The lowest BCUT2D eigenvalue weighted by Gasteiger charge is -2.25. The number of aromatic nitrogens is 2. The van der Waals surface area contributed by atoms with Crippen molar-refractivity contribution in [1.29, 1.82) is 0 Å². The van der Waals surface area contributed by atoms with E-state index >= 15 is 0 Å². The van der Waals surface area contributed by atoms with Gasteiger partial charge in [0.2, 0.25) is 5.95 Å². The van der Waals surface area contributed by atoms with Crippen LogP contribution in [0.1, 0.15) is 25.7 Å². The molecule has 3 heteroatoms. The van der Waals surface area contributed by atoms with Gasteiger partial charge in [-0.1, -0.05) is 25.0 Å². The van der Waals surface area contributed by atoms with Gasteiger partial charge in [-0.05, 0) is 25.0 Å². The van der Waals surface area contributed by atoms with Crippen molar-refractivity contribution in [1.82, 2.24) is 9.55 Å². The predicted molar refractivity (Wildman–Crippen MR) is 71.4 cm³/mol. The molecule has 3 rings (SSSR count). The Bertz CT molecular complexity index is 523. The number of hydrogen-bond donors (Lipinski definition) is 0. The molecule has 3 nitrogen and oxygen atoms in total. The first kappa shape index (κ1) is 10.6. The molecular formula is C14H19N3. The van der Waals surface area contributed by atoms with Gasteiger partial charge in [-0.25, -0.2) is 4.98 Å². The number of nitrogens with zero attached hydrogens (tertiary/aromatic N) is 3. The Kier molecular flexibility index (Phi) is 2.54. The second kappa shape index (κ2) is 4.06. The van der Waals surface area contributed by atoms with Gasteiger partial charge in [0.1, 0.15) is 0 Å². The minimum atomic E-state index is 0.672. The van der Waals surface area contributed by atoms with Crippen LogP contribution in [0.25, 0.3) is 11.0 Å². The highest BCUT2D eigenvalue weighted by Crippen LogP contribution is 2.28. The minimum absolute atomic E-state index is 0.672. The van der Waals surface area contributed by atoms with Crippen molar-refractivity contribution >= 4 is 17.0 Å². The van der Waals surface area contributed by atoms with Crippen molar-refractivity contribution in [3.8, 4) is 0 Å². The molecule has 0 aliphatic heterocycles. The fourth-order valence-electron chi connectivity index (χ4n) is 2.90. The van der Waals surface area contributed by atoms with Crippen molar-refractivity contribution in [3.63, 3.8) is 0 Å². The van der Waals surface area contributed by atoms with Crippen LogP contribution in [0.2, 0.25) is 0 Å². The van der Waals surface area contributed by atoms with Crippen molar-refractivity contribution in [2.45, 2.75) is 31.7 Å². The highest BCUT2D eigenvalue weighted by atomic mass is 15.3. The summed E-state index contributed by atoms with van der Waals surface area (Å²) in [4.78, 5) is 7.10. The van der Waals surface area contributed by atoms with Crippen LogP contribution in [0.15, 0.2) is 24.3 Å². The van der Waals surface area contributed by atoms with Crippen LogP contribution in [0.3, 0.4) is 0 Å². The van der Waals surface area contributed by atoms with Gasteiger partial charge in [0.25, 0.3) is 0 Å². The SMILES string of the molecule is CN(c1nc2ccccc2n1C)C1CCCC1. The molecule has 90 valence electrons. The summed E-state index contributed by atoms with van der Waals surface area (Å²) in [5.74, 6) is 1.10. The van der Waals surface area contributed by atoms with Gasteiger partial charge < -0.3 is 9.47 Å². The first-order chi connectivity index (χ1) is 8.27. The average Bonchev–Trinajstić information content (AvgIpc) is 2.97. The number of anilines is 1. The summed E-state index contributed by atoms with van der Waals surface area (Å²) in [6.07, 6.45) is 5.33. The van der Waals surface area contributed by atoms with Crippen LogP contribution in [0.5, 0.6) is 0 Å². The summed E-state index contributed by atoms with van der Waals surface area (Å²) in [6, 6.07) is 9.01. The first-order valence-electron chi connectivity index (χ1n) is 6.41. The number of fused-ring (bicyclic) bond motifs is 1. The van der Waals surface area contributed by atoms with E-state index in [0.717, 1.165) is 11.5 Å². The van der Waals surface area contributed by atoms with Gasteiger partial charge in [-0.15, -0.1) is 0 Å². The van der Waals surface area contributed by atoms with E-state index in [1.807, 2.05) is 0 Å². The van der Waals surface area contributed by atoms with Crippen LogP contribution in [0.4, 0.5) is 5.95 Å². The van der Waals surface area contributed by atoms with Gasteiger partial charge in [-0.2, -0.15) is 0 Å². The van der Waals surface area contributed by atoms with Gasteiger partial charge >= 0.3 is 0 Å². The van der Waals surface area contributed by atoms with E-state index in [4.69, 9.17) is 4.98 Å². The molecule has 0 amide bonds. The molecule has 1 aromatic carbocycles. The zero-order valence-corrected chi connectivity index (χ0v) is 10.6. The first-order valence-corrected chi connectivity index (χ1v) is 6.41. The summed E-state index contributed by atoms with van der Waals surface area (Å²) >= 11 is 0. The summed E-state index contributed by atoms with van der Waals surface area (Å²) in [5.41, 5.74) is 2.31. The average molecular weight is 229 g/mol. The number of hydrogen-bond acceptors (Lipinski definition) is 2. The lowest BCUT2D eigenvalue weighted by atomic mass is 10.2. The number of para-hydroxylation sites is 2. The highest BCUT2D eigenvalue weighted by molar-refractivity contribution is 5.78. The molecule has 17 heavy (non-hydrogen) atoms. The Hall–Kier alpha value is -1.51. The second-order valence-corrected chi connectivity index (χ2v) is 5.01. The third-order valence-corrected chi connectivity index (χ3v) is 3.95. The maximum absolute atomic E-state index is 4.75. The van der Waals surface area contributed by atoms with Crippen molar-refractivity contribution in [2.24, 2.45) is 7.05 Å². The maximum Gasteiger partial charge on any atom is 0.206 e. The van der Waals surface area contributed by atoms with E-state index in [2.05, 4.69) is 47.8 Å². The van der Waals surface area contributed by atoms with E-state index in [1.165, 1.54) is 31.2 Å². The van der Waals surface area contributed by atoms with Gasteiger partial charge in [-0.3, -0.25) is 0 Å². The summed E-state index contributed by atoms with van der Waals surface area (Å²) in [6.45, 7) is 0. The Labute approximate surface area is 102 Å². The molecule has 0 radical (unpaired) electrons. The molecule has 0 unspecified atom stereocenters. The lowest BCUT2D eigenvalue weighted by molar-refractivity contribution is 0.630. The number of benzene rings is 1. The van der Waals surface area contributed by atoms with Crippen molar-refractivity contribution < 1.29 is 0 Å². The smallest absolute Gasteiger partial charge is 0.206 e. The summed E-state index contributed by atoms with van der Waals surface area (Å²) < 4.78 is 2.20. The Morgan fingerprint density at radius 3 is 2.65 bits per heavy atom. The molecule has 1 aliphatic carbocycles. The lowest BCUT2D eigenvalue weighted by Crippen LogP contribution is -2.30. The summed E-state index contributed by atoms with van der Waals surface area (Å²) in [5, 5.41) is 0. The molecule has 1 fully saturated rings. The van der Waals surface area contributed by atoms with E-state index in [9.17, 15) is 0 Å². The minimum Gasteiger partial charge on any atom is -0.342 e. The molecular weight excluding hydrogens is 210 g/mol. The van der Waals surface area contributed by atoms with Crippen molar-refractivity contribution in [3.05, 3.63) is 24.3 Å². The Morgan fingerprint density at radius 2 is 1.94 bits per heavy atom. The third kappa shape index (κ3) is 1.70. The van der Waals surface area contributed by atoms with Gasteiger partial charge in [0.15, 0.2) is 0 Å². The Balaban J connectivity index is 2.01. The van der Waals surface area contributed by atoms with Crippen LogP contribution < -0.4 is 4.90 Å². The standard InChI is InChI=1S/C14H19N3/c1-16(11-7-3-4-8-11)14-15-12-9-5-6-10-13(12)17(14)2/h5-6,9-11H,3-4,7-8H2,1-2H3. The normalized spacial score (nSPS) is 16.8. The monoisotopic (exact) mass is 229 g/mol. The predicted octanol–water partition coefficient (Wildman–Crippen LogP) is 2.95. The van der Waals surface area contributed by atoms with E-state index in [-0.39, 0.29) is 0 Å². The van der Waals surface area contributed by atoms with Crippen LogP contribution in [-0.4, -0.2) is 22.6 Å². The zero-order chi connectivity index (χ0) is 11.8. The molecule has 2 aromatic rings. The fraction of sp³-hybridized carbons (Fsp3) is 0.500. The fourth-order valence-corrected chi connectivity index (χ4v) is 2.90.